The van der Waals surface area contributed by atoms with Gasteiger partial charge in [0.25, 0.3) is 0 Å². The molecule has 0 aliphatic heterocycles. The van der Waals surface area contributed by atoms with Crippen LogP contribution in [0.5, 0.6) is 0 Å². The molecule has 0 heterocycles. The summed E-state index contributed by atoms with van der Waals surface area (Å²) in [5.74, 6) is 3.79. The number of hydrogen-bond donors (Lipinski definition) is 0. The minimum absolute atomic E-state index is 0.244. The molecule has 0 amide bonds. The van der Waals surface area contributed by atoms with E-state index in [0.717, 1.165) is 30.1 Å². The molecule has 2 saturated carbocycles. The van der Waals surface area contributed by atoms with E-state index >= 15 is 0 Å². The first-order valence-corrected chi connectivity index (χ1v) is 5.91. The highest BCUT2D eigenvalue weighted by molar-refractivity contribution is 5.12. The largest absolute Gasteiger partial charge is 0.498 e. The van der Waals surface area contributed by atoms with E-state index in [1.807, 2.05) is 6.92 Å². The van der Waals surface area contributed by atoms with Gasteiger partial charge in [0.2, 0.25) is 0 Å². The van der Waals surface area contributed by atoms with E-state index in [2.05, 4.69) is 20.4 Å². The predicted molar refractivity (Wildman–Crippen MR) is 58.9 cm³/mol. The highest BCUT2D eigenvalue weighted by Gasteiger charge is 2.53. The summed E-state index contributed by atoms with van der Waals surface area (Å²) in [6.45, 7) is 11.6. The molecule has 2 aliphatic carbocycles. The SMILES string of the molecule is C=C(OCC)[C@@]1(C)CC[C@H]2C[C@H]2[C@@H]1C. The molecule has 2 aliphatic rings. The average Bonchev–Trinajstić information content (AvgIpc) is 2.92. The zero-order valence-electron chi connectivity index (χ0n) is 9.68. The quantitative estimate of drug-likeness (QED) is 0.624. The smallest absolute Gasteiger partial charge is 0.0949 e. The molecule has 80 valence electrons. The molecule has 0 unspecified atom stereocenters. The number of rotatable bonds is 3. The maximum absolute atomic E-state index is 5.63. The maximum Gasteiger partial charge on any atom is 0.0949 e. The number of allylic oxidation sites excluding steroid dienone is 1. The summed E-state index contributed by atoms with van der Waals surface area (Å²) >= 11 is 0. The van der Waals surface area contributed by atoms with Crippen molar-refractivity contribution in [1.29, 1.82) is 0 Å². The van der Waals surface area contributed by atoms with Gasteiger partial charge in [0.1, 0.15) is 0 Å². The highest BCUT2D eigenvalue weighted by Crippen LogP contribution is 2.61. The van der Waals surface area contributed by atoms with Gasteiger partial charge in [-0.15, -0.1) is 0 Å². The van der Waals surface area contributed by atoms with Crippen molar-refractivity contribution in [2.75, 3.05) is 6.61 Å². The molecule has 4 atom stereocenters. The highest BCUT2D eigenvalue weighted by atomic mass is 16.5. The Hall–Kier alpha value is -0.460. The molecule has 1 nitrogen and oxygen atoms in total. The molecule has 0 aromatic rings. The minimum atomic E-state index is 0.244. The van der Waals surface area contributed by atoms with Crippen LogP contribution in [-0.2, 0) is 4.74 Å². The monoisotopic (exact) mass is 194 g/mol. The summed E-state index contributed by atoms with van der Waals surface area (Å²) in [7, 11) is 0. The molecule has 2 rings (SSSR count). The topological polar surface area (TPSA) is 9.23 Å². The van der Waals surface area contributed by atoms with Crippen LogP contribution in [-0.4, -0.2) is 6.61 Å². The van der Waals surface area contributed by atoms with Crippen LogP contribution in [0.25, 0.3) is 0 Å². The Morgan fingerprint density at radius 2 is 2.29 bits per heavy atom. The van der Waals surface area contributed by atoms with E-state index in [1.54, 1.807) is 0 Å². The lowest BCUT2D eigenvalue weighted by Gasteiger charge is -2.40. The Morgan fingerprint density at radius 1 is 1.57 bits per heavy atom. The molecule has 14 heavy (non-hydrogen) atoms. The maximum atomic E-state index is 5.63. The Balaban J connectivity index is 2.09. The van der Waals surface area contributed by atoms with Gasteiger partial charge in [0.15, 0.2) is 0 Å². The van der Waals surface area contributed by atoms with Gasteiger partial charge in [-0.25, -0.2) is 0 Å². The molecule has 0 aromatic heterocycles. The Morgan fingerprint density at radius 3 is 2.93 bits per heavy atom. The molecule has 2 fully saturated rings. The van der Waals surface area contributed by atoms with E-state index < -0.39 is 0 Å². The lowest BCUT2D eigenvalue weighted by Crippen LogP contribution is -2.33. The van der Waals surface area contributed by atoms with Crippen LogP contribution >= 0.6 is 0 Å². The van der Waals surface area contributed by atoms with Crippen molar-refractivity contribution in [2.45, 2.75) is 40.0 Å². The van der Waals surface area contributed by atoms with Crippen LogP contribution in [0, 0.1) is 23.2 Å². The van der Waals surface area contributed by atoms with E-state index in [-0.39, 0.29) is 5.41 Å². The predicted octanol–water partition coefficient (Wildman–Crippen LogP) is 3.61. The second kappa shape index (κ2) is 3.29. The van der Waals surface area contributed by atoms with Gasteiger partial charge < -0.3 is 4.74 Å². The van der Waals surface area contributed by atoms with Crippen LogP contribution in [0.15, 0.2) is 12.3 Å². The fourth-order valence-electron chi connectivity index (χ4n) is 3.13. The van der Waals surface area contributed by atoms with Crippen molar-refractivity contribution in [2.24, 2.45) is 23.2 Å². The standard InChI is InChI=1S/C13H22O/c1-5-14-10(3)13(4)7-6-11-8-12(11)9(13)2/h9,11-12H,3,5-8H2,1-2,4H3/t9-,11-,12-,13-/m0/s1. The fraction of sp³-hybridized carbons (Fsp3) is 0.846. The number of hydrogen-bond acceptors (Lipinski definition) is 1. The first-order valence-electron chi connectivity index (χ1n) is 5.91. The van der Waals surface area contributed by atoms with Crippen molar-refractivity contribution < 1.29 is 4.74 Å². The van der Waals surface area contributed by atoms with Crippen LogP contribution in [0.2, 0.25) is 0 Å². The van der Waals surface area contributed by atoms with E-state index in [1.165, 1.54) is 19.3 Å². The van der Waals surface area contributed by atoms with Crippen LogP contribution in [0.4, 0.5) is 0 Å². The molecule has 0 radical (unpaired) electrons. The summed E-state index contributed by atoms with van der Waals surface area (Å²) in [6.07, 6.45) is 4.11. The first-order chi connectivity index (χ1) is 6.59. The molecule has 0 spiro atoms. The van der Waals surface area contributed by atoms with Crippen LogP contribution < -0.4 is 0 Å². The normalized spacial score (nSPS) is 45.5. The zero-order chi connectivity index (χ0) is 10.3. The molecule has 0 saturated heterocycles. The molecular formula is C13H22O. The summed E-state index contributed by atoms with van der Waals surface area (Å²) in [4.78, 5) is 0. The van der Waals surface area contributed by atoms with Crippen molar-refractivity contribution in [3.63, 3.8) is 0 Å². The third-order valence-corrected chi connectivity index (χ3v) is 4.61. The van der Waals surface area contributed by atoms with Crippen molar-refractivity contribution >= 4 is 0 Å². The Labute approximate surface area is 87.5 Å². The minimum Gasteiger partial charge on any atom is -0.498 e. The molecule has 0 N–H and O–H groups in total. The van der Waals surface area contributed by atoms with Gasteiger partial charge in [0.05, 0.1) is 12.4 Å². The lowest BCUT2D eigenvalue weighted by atomic mass is 9.67. The van der Waals surface area contributed by atoms with Gasteiger partial charge in [-0.1, -0.05) is 20.4 Å². The Bertz CT molecular complexity index is 246. The molecule has 1 heteroatoms. The van der Waals surface area contributed by atoms with E-state index in [9.17, 15) is 0 Å². The van der Waals surface area contributed by atoms with E-state index in [4.69, 9.17) is 4.74 Å². The third kappa shape index (κ3) is 1.37. The number of fused-ring (bicyclic) bond motifs is 1. The average molecular weight is 194 g/mol. The van der Waals surface area contributed by atoms with Crippen molar-refractivity contribution in [3.05, 3.63) is 12.3 Å². The zero-order valence-corrected chi connectivity index (χ0v) is 9.68. The fourth-order valence-corrected chi connectivity index (χ4v) is 3.13. The second-order valence-electron chi connectivity index (χ2n) is 5.26. The summed E-state index contributed by atoms with van der Waals surface area (Å²) in [5, 5.41) is 0. The van der Waals surface area contributed by atoms with E-state index in [0.29, 0.717) is 0 Å². The third-order valence-electron chi connectivity index (χ3n) is 4.61. The van der Waals surface area contributed by atoms with Gasteiger partial charge in [-0.3, -0.25) is 0 Å². The van der Waals surface area contributed by atoms with Crippen LogP contribution in [0.3, 0.4) is 0 Å². The Kier molecular flexibility index (Phi) is 2.36. The van der Waals surface area contributed by atoms with Gasteiger partial charge >= 0.3 is 0 Å². The summed E-state index contributed by atoms with van der Waals surface area (Å²) in [6, 6.07) is 0. The van der Waals surface area contributed by atoms with Crippen molar-refractivity contribution in [1.82, 2.24) is 0 Å². The van der Waals surface area contributed by atoms with Gasteiger partial charge in [0, 0.05) is 5.41 Å². The van der Waals surface area contributed by atoms with Gasteiger partial charge in [-0.05, 0) is 43.9 Å². The first kappa shape index (κ1) is 10.1. The lowest BCUT2D eigenvalue weighted by molar-refractivity contribution is 0.0670. The second-order valence-corrected chi connectivity index (χ2v) is 5.26. The molecule has 0 aromatic carbocycles. The molecule has 0 bridgehead atoms. The van der Waals surface area contributed by atoms with Crippen LogP contribution in [0.1, 0.15) is 40.0 Å². The summed E-state index contributed by atoms with van der Waals surface area (Å²) < 4.78 is 5.63. The molecular weight excluding hydrogens is 172 g/mol. The van der Waals surface area contributed by atoms with Crippen molar-refractivity contribution in [3.8, 4) is 0 Å². The van der Waals surface area contributed by atoms with Gasteiger partial charge in [-0.2, -0.15) is 0 Å². The summed E-state index contributed by atoms with van der Waals surface area (Å²) in [5.41, 5.74) is 0.244. The number of ether oxygens (including phenoxy) is 1.